The summed E-state index contributed by atoms with van der Waals surface area (Å²) in [6.07, 6.45) is 1.65. The molecular weight excluding hydrogens is 326 g/mol. The molecule has 1 aliphatic heterocycles. The van der Waals surface area contributed by atoms with E-state index in [-0.39, 0.29) is 11.9 Å². The number of hydrogen-bond donors (Lipinski definition) is 1. The van der Waals surface area contributed by atoms with Crippen LogP contribution in [0.25, 0.3) is 0 Å². The van der Waals surface area contributed by atoms with Gasteiger partial charge in [-0.1, -0.05) is 6.07 Å². The summed E-state index contributed by atoms with van der Waals surface area (Å²) in [6, 6.07) is 7.57. The first-order chi connectivity index (χ1) is 11.5. The highest BCUT2D eigenvalue weighted by atomic mass is 32.1. The van der Waals surface area contributed by atoms with Crippen molar-refractivity contribution in [2.75, 3.05) is 13.1 Å². The van der Waals surface area contributed by atoms with E-state index < -0.39 is 5.54 Å². The Balaban J connectivity index is 1.65. The zero-order chi connectivity index (χ0) is 17.2. The van der Waals surface area contributed by atoms with E-state index in [9.17, 15) is 9.59 Å². The van der Waals surface area contributed by atoms with Crippen LogP contribution in [0.1, 0.15) is 24.5 Å². The molecule has 24 heavy (non-hydrogen) atoms. The highest BCUT2D eigenvalue weighted by molar-refractivity contribution is 7.09. The Bertz CT molecular complexity index is 659. The van der Waals surface area contributed by atoms with Crippen LogP contribution in [0.2, 0.25) is 0 Å². The largest absolute Gasteiger partial charge is 0.468 e. The van der Waals surface area contributed by atoms with Crippen LogP contribution >= 0.6 is 11.3 Å². The first-order valence-electron chi connectivity index (χ1n) is 7.87. The molecule has 0 spiro atoms. The fraction of sp³-hybridized carbons (Fsp3) is 0.412. The molecule has 0 aliphatic carbocycles. The maximum atomic E-state index is 12.3. The number of nitrogens with one attached hydrogen (secondary N) is 1. The summed E-state index contributed by atoms with van der Waals surface area (Å²) in [4.78, 5) is 29.0. The minimum Gasteiger partial charge on any atom is -0.468 e. The van der Waals surface area contributed by atoms with Gasteiger partial charge in [0.1, 0.15) is 11.3 Å². The summed E-state index contributed by atoms with van der Waals surface area (Å²) in [5, 5.41) is 4.75. The molecule has 0 bridgehead atoms. The van der Waals surface area contributed by atoms with Crippen LogP contribution in [-0.4, -0.2) is 40.4 Å². The van der Waals surface area contributed by atoms with Gasteiger partial charge in [0.2, 0.25) is 0 Å². The summed E-state index contributed by atoms with van der Waals surface area (Å²) in [7, 11) is 0. The van der Waals surface area contributed by atoms with Gasteiger partial charge in [0.05, 0.1) is 12.8 Å². The van der Waals surface area contributed by atoms with E-state index in [4.69, 9.17) is 4.42 Å². The second-order valence-corrected chi connectivity index (χ2v) is 7.41. The number of carbonyl (C=O) groups excluding carboxylic acids is 2. The van der Waals surface area contributed by atoms with Crippen LogP contribution in [0.3, 0.4) is 0 Å². The zero-order valence-corrected chi connectivity index (χ0v) is 14.6. The van der Waals surface area contributed by atoms with Crippen LogP contribution in [0.5, 0.6) is 0 Å². The molecule has 3 heterocycles. The molecule has 128 valence electrons. The first-order valence-corrected chi connectivity index (χ1v) is 8.75. The molecule has 0 aromatic carbocycles. The predicted molar refractivity (Wildman–Crippen MR) is 91.5 cm³/mol. The van der Waals surface area contributed by atoms with Crippen molar-refractivity contribution >= 4 is 23.3 Å². The maximum absolute atomic E-state index is 12.3. The molecule has 1 saturated heterocycles. The van der Waals surface area contributed by atoms with Crippen molar-refractivity contribution in [3.8, 4) is 0 Å². The summed E-state index contributed by atoms with van der Waals surface area (Å²) in [5.74, 6) is 0.686. The van der Waals surface area contributed by atoms with Gasteiger partial charge in [0.15, 0.2) is 0 Å². The average molecular weight is 347 g/mol. The predicted octanol–water partition coefficient (Wildman–Crippen LogP) is 2.67. The third-order valence-corrected chi connectivity index (χ3v) is 4.86. The van der Waals surface area contributed by atoms with E-state index >= 15 is 0 Å². The minimum atomic E-state index is -0.823. The number of thiophene rings is 1. The van der Waals surface area contributed by atoms with Gasteiger partial charge in [0, 0.05) is 24.5 Å². The van der Waals surface area contributed by atoms with E-state index in [1.165, 1.54) is 9.78 Å². The van der Waals surface area contributed by atoms with Gasteiger partial charge in [-0.3, -0.25) is 14.6 Å². The van der Waals surface area contributed by atoms with Crippen LogP contribution in [0.15, 0.2) is 40.3 Å². The highest BCUT2D eigenvalue weighted by Gasteiger charge is 2.43. The van der Waals surface area contributed by atoms with Gasteiger partial charge >= 0.3 is 6.03 Å². The number of hydrogen-bond acceptors (Lipinski definition) is 5. The molecule has 2 aromatic heterocycles. The first kappa shape index (κ1) is 16.7. The third-order valence-electron chi connectivity index (χ3n) is 4.00. The lowest BCUT2D eigenvalue weighted by Gasteiger charge is -2.23. The Morgan fingerprint density at radius 1 is 1.25 bits per heavy atom. The molecule has 0 atom stereocenters. The molecule has 0 radical (unpaired) electrons. The summed E-state index contributed by atoms with van der Waals surface area (Å²) in [6.45, 7) is 5.79. The van der Waals surface area contributed by atoms with Gasteiger partial charge in [-0.2, -0.15) is 0 Å². The fourth-order valence-electron chi connectivity index (χ4n) is 2.72. The van der Waals surface area contributed by atoms with Gasteiger partial charge in [0.25, 0.3) is 5.91 Å². The van der Waals surface area contributed by atoms with Gasteiger partial charge in [-0.15, -0.1) is 11.3 Å². The highest BCUT2D eigenvalue weighted by Crippen LogP contribution is 2.18. The number of rotatable bonds is 7. The lowest BCUT2D eigenvalue weighted by molar-refractivity contribution is -0.130. The molecule has 1 fully saturated rings. The summed E-state index contributed by atoms with van der Waals surface area (Å²) < 4.78 is 5.43. The lowest BCUT2D eigenvalue weighted by Crippen LogP contribution is -2.41. The van der Waals surface area contributed by atoms with Gasteiger partial charge in [-0.25, -0.2) is 4.79 Å². The van der Waals surface area contributed by atoms with Gasteiger partial charge in [-0.05, 0) is 37.4 Å². The Morgan fingerprint density at radius 3 is 2.67 bits per heavy atom. The molecule has 3 rings (SSSR count). The second-order valence-electron chi connectivity index (χ2n) is 6.38. The molecule has 6 nitrogen and oxygen atoms in total. The number of urea groups is 1. The normalized spacial score (nSPS) is 16.9. The number of amides is 3. The summed E-state index contributed by atoms with van der Waals surface area (Å²) >= 11 is 1.69. The molecule has 2 aromatic rings. The van der Waals surface area contributed by atoms with Crippen molar-refractivity contribution in [1.29, 1.82) is 0 Å². The number of imide groups is 1. The van der Waals surface area contributed by atoms with E-state index in [0.29, 0.717) is 19.6 Å². The number of carbonyl (C=O) groups is 2. The second kappa shape index (κ2) is 6.78. The van der Waals surface area contributed by atoms with Crippen LogP contribution in [-0.2, 0) is 17.9 Å². The van der Waals surface area contributed by atoms with Crippen molar-refractivity contribution in [2.45, 2.75) is 32.5 Å². The van der Waals surface area contributed by atoms with E-state index in [0.717, 1.165) is 12.3 Å². The van der Waals surface area contributed by atoms with Crippen molar-refractivity contribution in [2.24, 2.45) is 0 Å². The third kappa shape index (κ3) is 3.68. The molecule has 3 amide bonds. The Morgan fingerprint density at radius 2 is 2.08 bits per heavy atom. The molecular formula is C17H21N3O3S. The summed E-state index contributed by atoms with van der Waals surface area (Å²) in [5.41, 5.74) is -0.823. The van der Waals surface area contributed by atoms with E-state index in [2.05, 4.69) is 16.3 Å². The fourth-order valence-corrected chi connectivity index (χ4v) is 3.47. The van der Waals surface area contributed by atoms with Crippen molar-refractivity contribution in [3.05, 3.63) is 46.5 Å². The molecule has 1 N–H and O–H groups in total. The molecule has 0 unspecified atom stereocenters. The van der Waals surface area contributed by atoms with Crippen LogP contribution in [0, 0.1) is 0 Å². The van der Waals surface area contributed by atoms with Crippen LogP contribution in [0.4, 0.5) is 4.79 Å². The van der Waals surface area contributed by atoms with E-state index in [1.807, 2.05) is 23.6 Å². The molecule has 1 aliphatic rings. The zero-order valence-electron chi connectivity index (χ0n) is 13.8. The smallest absolute Gasteiger partial charge is 0.325 e. The molecule has 0 saturated carbocycles. The Labute approximate surface area is 145 Å². The lowest BCUT2D eigenvalue weighted by atomic mass is 10.1. The van der Waals surface area contributed by atoms with Crippen LogP contribution < -0.4 is 5.32 Å². The topological polar surface area (TPSA) is 65.8 Å². The maximum Gasteiger partial charge on any atom is 0.325 e. The SMILES string of the molecule is CC1(C)NC(=O)N(CCN(Cc2ccco2)Cc2cccs2)C1=O. The van der Waals surface area contributed by atoms with Crippen molar-refractivity contribution < 1.29 is 14.0 Å². The van der Waals surface area contributed by atoms with Crippen molar-refractivity contribution in [3.63, 3.8) is 0 Å². The Hall–Kier alpha value is -2.12. The van der Waals surface area contributed by atoms with Crippen molar-refractivity contribution in [1.82, 2.24) is 15.1 Å². The number of furan rings is 1. The quantitative estimate of drug-likeness (QED) is 0.782. The van der Waals surface area contributed by atoms with E-state index in [1.54, 1.807) is 31.4 Å². The minimum absolute atomic E-state index is 0.179. The molecule has 7 heteroatoms. The standard InChI is InChI=1S/C17H21N3O3S/c1-17(2)15(21)20(16(22)18-17)8-7-19(11-13-5-3-9-23-13)12-14-6-4-10-24-14/h3-6,9-10H,7-8,11-12H2,1-2H3,(H,18,22). The number of nitrogens with zero attached hydrogens (tertiary/aromatic N) is 2. The average Bonchev–Trinajstić information content (AvgIpc) is 3.22. The Kier molecular flexibility index (Phi) is 4.73. The monoisotopic (exact) mass is 347 g/mol. The van der Waals surface area contributed by atoms with Gasteiger partial charge < -0.3 is 9.73 Å².